The number of aryl methyl sites for hydroxylation is 1. The molecule has 0 spiro atoms. The number of nitrogens with zero attached hydrogens (tertiary/aromatic N) is 4. The minimum Gasteiger partial charge on any atom is -0.484 e. The number of benzene rings is 1. The maximum atomic E-state index is 11.7. The molecule has 0 radical (unpaired) electrons. The van der Waals surface area contributed by atoms with Gasteiger partial charge in [0.2, 0.25) is 0 Å². The Kier molecular flexibility index (Phi) is 4.89. The number of hydrogen-bond donors (Lipinski definition) is 1. The summed E-state index contributed by atoms with van der Waals surface area (Å²) in [5, 5.41) is 14.5. The highest BCUT2D eigenvalue weighted by molar-refractivity contribution is 6.31. The molecule has 2 rings (SSSR count). The molecule has 0 fully saturated rings. The lowest BCUT2D eigenvalue weighted by molar-refractivity contribution is -0.118. The molecule has 21 heavy (non-hydrogen) atoms. The Hall–Kier alpha value is -2.41. The van der Waals surface area contributed by atoms with Crippen LogP contribution in [0.25, 0.3) is 0 Å². The van der Waals surface area contributed by atoms with Gasteiger partial charge in [-0.2, -0.15) is 4.80 Å². The number of amides is 1. The number of allylic oxidation sites excluding steroid dienone is 1. The molecule has 1 heterocycles. The fourth-order valence-electron chi connectivity index (χ4n) is 1.50. The van der Waals surface area contributed by atoms with Crippen LogP contribution in [-0.2, 0) is 11.3 Å². The van der Waals surface area contributed by atoms with Crippen LogP contribution in [0, 0.1) is 6.92 Å². The second kappa shape index (κ2) is 6.85. The molecule has 1 aromatic heterocycles. The third-order valence-electron chi connectivity index (χ3n) is 2.50. The third kappa shape index (κ3) is 4.28. The van der Waals surface area contributed by atoms with Crippen LogP contribution in [0.1, 0.15) is 5.56 Å². The lowest BCUT2D eigenvalue weighted by Gasteiger charge is -2.06. The van der Waals surface area contributed by atoms with Crippen molar-refractivity contribution in [2.24, 2.45) is 0 Å². The summed E-state index contributed by atoms with van der Waals surface area (Å²) in [6.45, 7) is 5.68. The van der Waals surface area contributed by atoms with Crippen molar-refractivity contribution in [1.29, 1.82) is 0 Å². The molecule has 7 nitrogen and oxygen atoms in total. The normalized spacial score (nSPS) is 10.2. The van der Waals surface area contributed by atoms with Crippen molar-refractivity contribution in [1.82, 2.24) is 20.2 Å². The van der Waals surface area contributed by atoms with E-state index < -0.39 is 0 Å². The van der Waals surface area contributed by atoms with Crippen molar-refractivity contribution >= 4 is 23.5 Å². The van der Waals surface area contributed by atoms with Crippen LogP contribution in [-0.4, -0.2) is 32.7 Å². The van der Waals surface area contributed by atoms with Gasteiger partial charge in [0.1, 0.15) is 5.75 Å². The van der Waals surface area contributed by atoms with Crippen LogP contribution >= 0.6 is 11.6 Å². The Morgan fingerprint density at radius 2 is 2.38 bits per heavy atom. The number of hydrogen-bond acceptors (Lipinski definition) is 5. The Morgan fingerprint density at radius 1 is 1.57 bits per heavy atom. The fraction of sp³-hybridized carbons (Fsp3) is 0.231. The van der Waals surface area contributed by atoms with Gasteiger partial charge < -0.3 is 4.74 Å². The lowest BCUT2D eigenvalue weighted by Crippen LogP contribution is -2.21. The van der Waals surface area contributed by atoms with Crippen molar-refractivity contribution in [2.45, 2.75) is 13.5 Å². The highest BCUT2D eigenvalue weighted by Crippen LogP contribution is 2.20. The maximum absolute atomic E-state index is 11.7. The van der Waals surface area contributed by atoms with Gasteiger partial charge in [0.15, 0.2) is 6.61 Å². The molecule has 0 unspecified atom stereocenters. The monoisotopic (exact) mass is 307 g/mol. The number of carbonyl (C=O) groups is 1. The van der Waals surface area contributed by atoms with Gasteiger partial charge in [-0.05, 0) is 35.9 Å². The van der Waals surface area contributed by atoms with Crippen LogP contribution in [0.15, 0.2) is 30.9 Å². The first-order valence-electron chi connectivity index (χ1n) is 6.16. The van der Waals surface area contributed by atoms with Crippen molar-refractivity contribution in [2.75, 3.05) is 11.9 Å². The maximum Gasteiger partial charge on any atom is 0.270 e. The first-order chi connectivity index (χ1) is 10.1. The number of rotatable bonds is 6. The van der Waals surface area contributed by atoms with E-state index in [1.165, 1.54) is 4.80 Å². The summed E-state index contributed by atoms with van der Waals surface area (Å²) in [7, 11) is 0. The van der Waals surface area contributed by atoms with Crippen molar-refractivity contribution < 1.29 is 9.53 Å². The molecular weight excluding hydrogens is 294 g/mol. The molecule has 0 atom stereocenters. The Morgan fingerprint density at radius 3 is 3.10 bits per heavy atom. The number of aromatic nitrogens is 4. The Balaban J connectivity index is 1.86. The Labute approximate surface area is 126 Å². The summed E-state index contributed by atoms with van der Waals surface area (Å²) in [5.41, 5.74) is 0.878. The van der Waals surface area contributed by atoms with E-state index in [-0.39, 0.29) is 18.5 Å². The molecule has 110 valence electrons. The van der Waals surface area contributed by atoms with Crippen molar-refractivity contribution in [3.8, 4) is 5.75 Å². The van der Waals surface area contributed by atoms with Gasteiger partial charge in [0.25, 0.3) is 11.9 Å². The largest absolute Gasteiger partial charge is 0.484 e. The predicted octanol–water partition coefficient (Wildman–Crippen LogP) is 1.84. The molecule has 1 amide bonds. The molecule has 1 aromatic carbocycles. The van der Waals surface area contributed by atoms with E-state index in [0.29, 0.717) is 17.3 Å². The summed E-state index contributed by atoms with van der Waals surface area (Å²) in [6, 6.07) is 5.17. The summed E-state index contributed by atoms with van der Waals surface area (Å²) >= 11 is 5.91. The topological polar surface area (TPSA) is 81.9 Å². The second-order valence-electron chi connectivity index (χ2n) is 4.20. The predicted molar refractivity (Wildman–Crippen MR) is 78.3 cm³/mol. The van der Waals surface area contributed by atoms with Gasteiger partial charge in [0.05, 0.1) is 6.54 Å². The zero-order valence-corrected chi connectivity index (χ0v) is 12.2. The number of nitrogens with one attached hydrogen (secondary N) is 1. The van der Waals surface area contributed by atoms with Crippen LogP contribution in [0.5, 0.6) is 5.75 Å². The van der Waals surface area contributed by atoms with Gasteiger partial charge in [-0.15, -0.1) is 11.7 Å². The third-order valence-corrected chi connectivity index (χ3v) is 2.92. The molecule has 0 aliphatic rings. The molecule has 0 aliphatic heterocycles. The van der Waals surface area contributed by atoms with Crippen molar-refractivity contribution in [3.63, 3.8) is 0 Å². The Bertz CT molecular complexity index is 656. The van der Waals surface area contributed by atoms with E-state index in [4.69, 9.17) is 16.3 Å². The molecule has 0 saturated carbocycles. The molecular formula is C13H14ClN5O2. The summed E-state index contributed by atoms with van der Waals surface area (Å²) in [5.74, 6) is 0.314. The lowest BCUT2D eigenvalue weighted by atomic mass is 10.2. The zero-order chi connectivity index (χ0) is 15.2. The van der Waals surface area contributed by atoms with Gasteiger partial charge in [0, 0.05) is 5.02 Å². The minimum absolute atomic E-state index is 0.123. The van der Waals surface area contributed by atoms with E-state index in [9.17, 15) is 4.79 Å². The first kappa shape index (κ1) is 15.0. The highest BCUT2D eigenvalue weighted by atomic mass is 35.5. The number of anilines is 1. The first-order valence-corrected chi connectivity index (χ1v) is 6.54. The number of tetrazole rings is 1. The smallest absolute Gasteiger partial charge is 0.270 e. The van der Waals surface area contributed by atoms with Crippen LogP contribution in [0.4, 0.5) is 5.95 Å². The fourth-order valence-corrected chi connectivity index (χ4v) is 1.62. The van der Waals surface area contributed by atoms with Crippen LogP contribution < -0.4 is 10.1 Å². The number of carbonyl (C=O) groups excluding carboxylic acids is 1. The van der Waals surface area contributed by atoms with Gasteiger partial charge in [-0.25, -0.2) is 0 Å². The summed E-state index contributed by atoms with van der Waals surface area (Å²) < 4.78 is 5.36. The average Bonchev–Trinajstić information content (AvgIpc) is 2.88. The van der Waals surface area contributed by atoms with E-state index >= 15 is 0 Å². The van der Waals surface area contributed by atoms with Gasteiger partial charge in [-0.3, -0.25) is 10.1 Å². The van der Waals surface area contributed by atoms with E-state index in [2.05, 4.69) is 27.3 Å². The molecule has 8 heteroatoms. The SMILES string of the molecule is C=CCn1nnc(NC(=O)COc2ccc(Cl)c(C)c2)n1. The molecule has 0 bridgehead atoms. The average molecular weight is 308 g/mol. The van der Waals surface area contributed by atoms with Crippen molar-refractivity contribution in [3.05, 3.63) is 41.4 Å². The van der Waals surface area contributed by atoms with E-state index in [1.54, 1.807) is 24.3 Å². The minimum atomic E-state index is -0.374. The van der Waals surface area contributed by atoms with E-state index in [0.717, 1.165) is 5.56 Å². The summed E-state index contributed by atoms with van der Waals surface area (Å²) in [6.07, 6.45) is 1.62. The van der Waals surface area contributed by atoms with E-state index in [1.807, 2.05) is 6.92 Å². The number of ether oxygens (including phenoxy) is 1. The molecule has 0 saturated heterocycles. The quantitative estimate of drug-likeness (QED) is 0.823. The van der Waals surface area contributed by atoms with Crippen LogP contribution in [0.2, 0.25) is 5.02 Å². The standard InChI is InChI=1S/C13H14ClN5O2/c1-3-6-19-17-13(16-18-19)15-12(20)8-21-10-4-5-11(14)9(2)7-10/h3-5,7H,1,6,8H2,2H3,(H,15,17,20). The zero-order valence-electron chi connectivity index (χ0n) is 11.4. The second-order valence-corrected chi connectivity index (χ2v) is 4.61. The molecule has 2 aromatic rings. The number of halogens is 1. The van der Waals surface area contributed by atoms with Crippen LogP contribution in [0.3, 0.4) is 0 Å². The summed E-state index contributed by atoms with van der Waals surface area (Å²) in [4.78, 5) is 13.0. The van der Waals surface area contributed by atoms with Gasteiger partial charge in [-0.1, -0.05) is 22.8 Å². The highest BCUT2D eigenvalue weighted by Gasteiger charge is 2.08. The molecule has 0 aliphatic carbocycles. The molecule has 1 N–H and O–H groups in total. The van der Waals surface area contributed by atoms with Gasteiger partial charge >= 0.3 is 0 Å².